The van der Waals surface area contributed by atoms with Gasteiger partial charge in [0.05, 0.1) is 18.5 Å². The molecule has 0 radical (unpaired) electrons. The van der Waals surface area contributed by atoms with E-state index in [1.807, 2.05) is 13.8 Å². The van der Waals surface area contributed by atoms with Crippen molar-refractivity contribution in [2.24, 2.45) is 0 Å². The summed E-state index contributed by atoms with van der Waals surface area (Å²) in [4.78, 5) is 5.19. The van der Waals surface area contributed by atoms with Crippen molar-refractivity contribution >= 4 is 26.5 Å². The summed E-state index contributed by atoms with van der Waals surface area (Å²) in [5.74, 6) is 0. The summed E-state index contributed by atoms with van der Waals surface area (Å²) >= 11 is 1.28. The summed E-state index contributed by atoms with van der Waals surface area (Å²) in [5, 5.41) is 15.2. The van der Waals surface area contributed by atoms with Crippen LogP contribution in [0.1, 0.15) is 23.1 Å². The molecule has 3 N–H and O–H groups in total. The Kier molecular flexibility index (Phi) is 3.88. The number of hydrogen-bond donors (Lipinski definition) is 3. The monoisotopic (exact) mass is 302 g/mol. The summed E-state index contributed by atoms with van der Waals surface area (Å²) in [7, 11) is -3.80. The van der Waals surface area contributed by atoms with E-state index < -0.39 is 16.6 Å². The minimum absolute atomic E-state index is 0.138. The molecule has 7 nitrogen and oxygen atoms in total. The molecule has 0 aliphatic carbocycles. The van der Waals surface area contributed by atoms with Gasteiger partial charge in [-0.25, -0.2) is 4.98 Å². The SMILES string of the molecule is CCc1nc(NS(=O)(=O)c2[nH]ncc2CO)sc1C. The number of H-pyrrole nitrogens is 1. The first-order chi connectivity index (χ1) is 8.97. The Hall–Kier alpha value is -1.45. The molecule has 0 fully saturated rings. The molecule has 0 aliphatic heterocycles. The van der Waals surface area contributed by atoms with E-state index in [9.17, 15) is 8.42 Å². The second-order valence-electron chi connectivity index (χ2n) is 3.86. The molecule has 2 aromatic rings. The highest BCUT2D eigenvalue weighted by Gasteiger charge is 2.22. The Morgan fingerprint density at radius 3 is 2.84 bits per heavy atom. The lowest BCUT2D eigenvalue weighted by Gasteiger charge is -2.03. The van der Waals surface area contributed by atoms with Crippen LogP contribution in [0.3, 0.4) is 0 Å². The molecule has 104 valence electrons. The van der Waals surface area contributed by atoms with Gasteiger partial charge in [-0.05, 0) is 13.3 Å². The smallest absolute Gasteiger partial charge is 0.280 e. The van der Waals surface area contributed by atoms with Crippen LogP contribution < -0.4 is 4.72 Å². The van der Waals surface area contributed by atoms with Gasteiger partial charge in [0.15, 0.2) is 10.2 Å². The van der Waals surface area contributed by atoms with E-state index in [0.717, 1.165) is 17.0 Å². The van der Waals surface area contributed by atoms with E-state index in [2.05, 4.69) is 19.9 Å². The lowest BCUT2D eigenvalue weighted by atomic mass is 10.3. The van der Waals surface area contributed by atoms with Crippen molar-refractivity contribution in [1.82, 2.24) is 15.2 Å². The number of aryl methyl sites for hydroxylation is 2. The fraction of sp³-hybridized carbons (Fsp3) is 0.400. The lowest BCUT2D eigenvalue weighted by Crippen LogP contribution is -2.15. The van der Waals surface area contributed by atoms with Crippen LogP contribution in [0.25, 0.3) is 0 Å². The summed E-state index contributed by atoms with van der Waals surface area (Å²) in [6.45, 7) is 3.45. The van der Waals surface area contributed by atoms with Crippen molar-refractivity contribution in [2.75, 3.05) is 4.72 Å². The van der Waals surface area contributed by atoms with Gasteiger partial charge in [0.1, 0.15) is 0 Å². The van der Waals surface area contributed by atoms with E-state index in [1.165, 1.54) is 17.5 Å². The Bertz CT molecular complexity index is 675. The minimum Gasteiger partial charge on any atom is -0.392 e. The number of rotatable bonds is 5. The average molecular weight is 302 g/mol. The maximum atomic E-state index is 12.1. The predicted molar refractivity (Wildman–Crippen MR) is 71.5 cm³/mol. The quantitative estimate of drug-likeness (QED) is 0.764. The van der Waals surface area contributed by atoms with Gasteiger partial charge in [0.25, 0.3) is 10.0 Å². The standard InChI is InChI=1S/C10H14N4O3S2/c1-3-8-6(2)18-10(12-8)14-19(16,17)9-7(5-15)4-11-13-9/h4,15H,3,5H2,1-2H3,(H,11,13)(H,12,14). The van der Waals surface area contributed by atoms with Crippen molar-refractivity contribution < 1.29 is 13.5 Å². The van der Waals surface area contributed by atoms with Crippen LogP contribution in [-0.2, 0) is 23.1 Å². The Morgan fingerprint density at radius 1 is 1.53 bits per heavy atom. The number of aliphatic hydroxyl groups excluding tert-OH is 1. The van der Waals surface area contributed by atoms with E-state index >= 15 is 0 Å². The number of sulfonamides is 1. The van der Waals surface area contributed by atoms with Crippen molar-refractivity contribution in [3.8, 4) is 0 Å². The maximum absolute atomic E-state index is 12.1. The van der Waals surface area contributed by atoms with Crippen molar-refractivity contribution in [1.29, 1.82) is 0 Å². The van der Waals surface area contributed by atoms with Gasteiger partial charge in [-0.1, -0.05) is 6.92 Å². The van der Waals surface area contributed by atoms with Gasteiger partial charge in [0, 0.05) is 10.4 Å². The van der Waals surface area contributed by atoms with E-state index in [0.29, 0.717) is 5.13 Å². The molecule has 0 bridgehead atoms. The zero-order valence-corrected chi connectivity index (χ0v) is 12.1. The maximum Gasteiger partial charge on any atom is 0.280 e. The molecule has 0 saturated heterocycles. The van der Waals surface area contributed by atoms with E-state index in [-0.39, 0.29) is 10.6 Å². The normalized spacial score (nSPS) is 11.7. The van der Waals surface area contributed by atoms with Gasteiger partial charge < -0.3 is 5.11 Å². The Balaban J connectivity index is 2.31. The van der Waals surface area contributed by atoms with Gasteiger partial charge in [-0.2, -0.15) is 13.5 Å². The first-order valence-corrected chi connectivity index (χ1v) is 7.90. The zero-order valence-electron chi connectivity index (χ0n) is 10.5. The third kappa shape index (κ3) is 2.77. The molecule has 19 heavy (non-hydrogen) atoms. The molecule has 0 saturated carbocycles. The molecule has 0 amide bonds. The minimum atomic E-state index is -3.80. The van der Waals surface area contributed by atoms with Crippen LogP contribution in [0.5, 0.6) is 0 Å². The van der Waals surface area contributed by atoms with Gasteiger partial charge >= 0.3 is 0 Å². The van der Waals surface area contributed by atoms with E-state index in [1.54, 1.807) is 0 Å². The summed E-state index contributed by atoms with van der Waals surface area (Å²) in [5.41, 5.74) is 1.09. The number of anilines is 1. The molecule has 0 aliphatic rings. The molecular formula is C10H14N4O3S2. The second kappa shape index (κ2) is 5.27. The molecule has 0 aromatic carbocycles. The van der Waals surface area contributed by atoms with Crippen molar-refractivity contribution in [3.05, 3.63) is 22.3 Å². The third-order valence-corrected chi connectivity index (χ3v) is 4.98. The summed E-state index contributed by atoms with van der Waals surface area (Å²) in [6, 6.07) is 0. The first-order valence-electron chi connectivity index (χ1n) is 5.60. The molecule has 2 rings (SSSR count). The largest absolute Gasteiger partial charge is 0.392 e. The van der Waals surface area contributed by atoms with Crippen LogP contribution in [-0.4, -0.2) is 28.7 Å². The number of hydrogen-bond acceptors (Lipinski definition) is 6. The van der Waals surface area contributed by atoms with Crippen LogP contribution in [0.4, 0.5) is 5.13 Å². The predicted octanol–water partition coefficient (Wildman–Crippen LogP) is 1.03. The molecular weight excluding hydrogens is 288 g/mol. The zero-order chi connectivity index (χ0) is 14.0. The molecule has 2 aromatic heterocycles. The number of aliphatic hydroxyl groups is 1. The molecule has 9 heteroatoms. The fourth-order valence-corrected chi connectivity index (χ4v) is 3.87. The van der Waals surface area contributed by atoms with Gasteiger partial charge in [0.2, 0.25) is 0 Å². The number of aromatic nitrogens is 3. The van der Waals surface area contributed by atoms with Crippen LogP contribution in [0.15, 0.2) is 11.2 Å². The van der Waals surface area contributed by atoms with Crippen molar-refractivity contribution in [2.45, 2.75) is 31.9 Å². The highest BCUT2D eigenvalue weighted by atomic mass is 32.2. The molecule has 0 unspecified atom stereocenters. The lowest BCUT2D eigenvalue weighted by molar-refractivity contribution is 0.278. The van der Waals surface area contributed by atoms with Gasteiger partial charge in [-0.3, -0.25) is 9.82 Å². The average Bonchev–Trinajstić information content (AvgIpc) is 2.95. The molecule has 0 spiro atoms. The second-order valence-corrected chi connectivity index (χ2v) is 6.69. The third-order valence-electron chi connectivity index (χ3n) is 2.57. The van der Waals surface area contributed by atoms with Gasteiger partial charge in [-0.15, -0.1) is 11.3 Å². The number of nitrogens with zero attached hydrogens (tertiary/aromatic N) is 2. The first kappa shape index (κ1) is 14.0. The highest BCUT2D eigenvalue weighted by Crippen LogP contribution is 2.25. The fourth-order valence-electron chi connectivity index (χ4n) is 1.61. The van der Waals surface area contributed by atoms with Crippen LogP contribution >= 0.6 is 11.3 Å². The topological polar surface area (TPSA) is 108 Å². The summed E-state index contributed by atoms with van der Waals surface area (Å²) in [6.07, 6.45) is 2.02. The van der Waals surface area contributed by atoms with Crippen LogP contribution in [0.2, 0.25) is 0 Å². The number of thiazole rings is 1. The highest BCUT2D eigenvalue weighted by molar-refractivity contribution is 7.92. The summed E-state index contributed by atoms with van der Waals surface area (Å²) < 4.78 is 26.6. The number of nitrogens with one attached hydrogen (secondary N) is 2. The number of aromatic amines is 1. The molecule has 0 atom stereocenters. The molecule has 2 heterocycles. The Morgan fingerprint density at radius 2 is 2.26 bits per heavy atom. The Labute approximate surface area is 114 Å². The van der Waals surface area contributed by atoms with Crippen LogP contribution in [0, 0.1) is 6.92 Å². The van der Waals surface area contributed by atoms with E-state index in [4.69, 9.17) is 5.11 Å². The van der Waals surface area contributed by atoms with Crippen molar-refractivity contribution in [3.63, 3.8) is 0 Å².